The van der Waals surface area contributed by atoms with E-state index in [-0.39, 0.29) is 22.4 Å². The van der Waals surface area contributed by atoms with E-state index in [2.05, 4.69) is 5.10 Å². The molecule has 0 saturated carbocycles. The second kappa shape index (κ2) is 9.40. The Morgan fingerprint density at radius 1 is 1.17 bits per heavy atom. The molecule has 3 rings (SSSR count). The van der Waals surface area contributed by atoms with Gasteiger partial charge in [-0.05, 0) is 63.1 Å². The number of nitrogens with zero attached hydrogens (tertiary/aromatic N) is 3. The molecule has 8 heteroatoms. The first-order valence-electron chi connectivity index (χ1n) is 9.59. The topological polar surface area (TPSA) is 97.7 Å². The number of hydrazone groups is 1. The minimum Gasteiger partial charge on any atom is -0.733 e. The van der Waals surface area contributed by atoms with Gasteiger partial charge in [0.2, 0.25) is 0 Å². The van der Waals surface area contributed by atoms with Crippen molar-refractivity contribution in [1.82, 2.24) is 5.01 Å². The van der Waals surface area contributed by atoms with Crippen molar-refractivity contribution >= 4 is 17.3 Å². The zero-order valence-electron chi connectivity index (χ0n) is 16.5. The SMILES string of the molecule is CCOc1ccc(C2=NN(C(=O)c3cccc(N([O-])O)c3)CCC2)cc1OCC. The molecule has 1 N–H and O–H groups in total. The maximum Gasteiger partial charge on any atom is 0.274 e. The summed E-state index contributed by atoms with van der Waals surface area (Å²) >= 11 is 0. The van der Waals surface area contributed by atoms with Crippen LogP contribution in [-0.2, 0) is 0 Å². The summed E-state index contributed by atoms with van der Waals surface area (Å²) in [5, 5.41) is 25.8. The van der Waals surface area contributed by atoms with Crippen molar-refractivity contribution in [2.75, 3.05) is 25.0 Å². The summed E-state index contributed by atoms with van der Waals surface area (Å²) < 4.78 is 11.3. The normalized spacial score (nSPS) is 13.7. The number of ether oxygens (including phenoxy) is 2. The molecule has 0 fully saturated rings. The molecule has 0 radical (unpaired) electrons. The zero-order valence-corrected chi connectivity index (χ0v) is 16.5. The van der Waals surface area contributed by atoms with E-state index in [9.17, 15) is 10.0 Å². The van der Waals surface area contributed by atoms with E-state index in [0.717, 1.165) is 24.1 Å². The van der Waals surface area contributed by atoms with Crippen LogP contribution in [0.4, 0.5) is 5.69 Å². The van der Waals surface area contributed by atoms with Crippen molar-refractivity contribution in [2.45, 2.75) is 26.7 Å². The maximum atomic E-state index is 12.8. The number of hydrogen-bond donors (Lipinski definition) is 1. The van der Waals surface area contributed by atoms with E-state index >= 15 is 0 Å². The zero-order chi connectivity index (χ0) is 20.8. The summed E-state index contributed by atoms with van der Waals surface area (Å²) in [6.07, 6.45) is 1.49. The number of benzene rings is 2. The van der Waals surface area contributed by atoms with Gasteiger partial charge >= 0.3 is 0 Å². The van der Waals surface area contributed by atoms with Crippen LogP contribution in [-0.4, -0.2) is 41.6 Å². The summed E-state index contributed by atoms with van der Waals surface area (Å²) in [5.41, 5.74) is 1.91. The van der Waals surface area contributed by atoms with Gasteiger partial charge in [0.15, 0.2) is 11.5 Å². The number of carbonyl (C=O) groups excluding carboxylic acids is 1. The van der Waals surface area contributed by atoms with E-state index in [1.54, 1.807) is 12.1 Å². The molecule has 0 aromatic heterocycles. The van der Waals surface area contributed by atoms with Gasteiger partial charge in [0.05, 0.1) is 24.6 Å². The second-order valence-electron chi connectivity index (χ2n) is 6.43. The monoisotopic (exact) mass is 398 g/mol. The largest absolute Gasteiger partial charge is 0.733 e. The van der Waals surface area contributed by atoms with Crippen molar-refractivity contribution in [2.24, 2.45) is 5.10 Å². The predicted octanol–water partition coefficient (Wildman–Crippen LogP) is 3.82. The van der Waals surface area contributed by atoms with E-state index in [0.29, 0.717) is 31.3 Å². The average molecular weight is 398 g/mol. The molecule has 0 spiro atoms. The molecule has 1 amide bonds. The molecular formula is C21H24N3O5-. The molecule has 2 aromatic rings. The fourth-order valence-corrected chi connectivity index (χ4v) is 3.13. The summed E-state index contributed by atoms with van der Waals surface area (Å²) in [6, 6.07) is 11.5. The third-order valence-corrected chi connectivity index (χ3v) is 4.45. The molecule has 0 aliphatic carbocycles. The van der Waals surface area contributed by atoms with Gasteiger partial charge in [-0.1, -0.05) is 6.07 Å². The molecule has 1 aliphatic heterocycles. The van der Waals surface area contributed by atoms with Gasteiger partial charge in [0.25, 0.3) is 5.91 Å². The molecule has 1 aliphatic rings. The molecular weight excluding hydrogens is 374 g/mol. The van der Waals surface area contributed by atoms with Crippen molar-refractivity contribution < 1.29 is 19.5 Å². The molecule has 0 unspecified atom stereocenters. The van der Waals surface area contributed by atoms with Gasteiger partial charge in [-0.25, -0.2) is 5.01 Å². The van der Waals surface area contributed by atoms with Gasteiger partial charge in [-0.15, -0.1) is 0 Å². The van der Waals surface area contributed by atoms with Crippen LogP contribution < -0.4 is 14.7 Å². The van der Waals surface area contributed by atoms with E-state index in [1.807, 2.05) is 32.0 Å². The standard InChI is InChI=1S/C21H24N3O5/c1-3-28-19-11-10-15(14-20(19)29-4-2)18-9-6-12-23(22-18)21(25)16-7-5-8-17(13-16)24(26)27/h5,7-8,10-11,13-14,26H,3-4,6,9,12H2,1-2H3/q-1. The number of carbonyl (C=O) groups is 1. The van der Waals surface area contributed by atoms with Gasteiger partial charge in [0, 0.05) is 17.7 Å². The van der Waals surface area contributed by atoms with Crippen molar-refractivity contribution in [1.29, 1.82) is 0 Å². The summed E-state index contributed by atoms with van der Waals surface area (Å²) in [5.74, 6) is 0.983. The highest BCUT2D eigenvalue weighted by molar-refractivity contribution is 6.03. The smallest absolute Gasteiger partial charge is 0.274 e. The molecule has 29 heavy (non-hydrogen) atoms. The Kier molecular flexibility index (Phi) is 6.69. The Balaban J connectivity index is 1.87. The lowest BCUT2D eigenvalue weighted by Crippen LogP contribution is -2.32. The first-order chi connectivity index (χ1) is 14.0. The van der Waals surface area contributed by atoms with Crippen LogP contribution in [0.3, 0.4) is 0 Å². The first-order valence-corrected chi connectivity index (χ1v) is 9.59. The highest BCUT2D eigenvalue weighted by Crippen LogP contribution is 2.30. The number of anilines is 1. The van der Waals surface area contributed by atoms with Crippen LogP contribution in [0.5, 0.6) is 11.5 Å². The Morgan fingerprint density at radius 2 is 1.93 bits per heavy atom. The molecule has 8 nitrogen and oxygen atoms in total. The highest BCUT2D eigenvalue weighted by Gasteiger charge is 2.22. The lowest BCUT2D eigenvalue weighted by Gasteiger charge is -2.25. The quantitative estimate of drug-likeness (QED) is 0.712. The lowest BCUT2D eigenvalue weighted by atomic mass is 10.0. The third-order valence-electron chi connectivity index (χ3n) is 4.45. The molecule has 0 saturated heterocycles. The van der Waals surface area contributed by atoms with E-state index in [1.165, 1.54) is 17.1 Å². The van der Waals surface area contributed by atoms with Crippen molar-refractivity contribution in [3.8, 4) is 11.5 Å². The van der Waals surface area contributed by atoms with Crippen LogP contribution in [0.25, 0.3) is 0 Å². The summed E-state index contributed by atoms with van der Waals surface area (Å²) in [4.78, 5) is 12.8. The minimum absolute atomic E-state index is 0.00932. The molecule has 1 heterocycles. The highest BCUT2D eigenvalue weighted by atomic mass is 16.8. The predicted molar refractivity (Wildman–Crippen MR) is 110 cm³/mol. The average Bonchev–Trinajstić information content (AvgIpc) is 2.75. The Labute approximate surface area is 169 Å². The Hall–Kier alpha value is -3.10. The molecule has 0 atom stereocenters. The maximum absolute atomic E-state index is 12.8. The van der Waals surface area contributed by atoms with Crippen molar-refractivity contribution in [3.05, 3.63) is 58.8 Å². The Bertz CT molecular complexity index is 898. The summed E-state index contributed by atoms with van der Waals surface area (Å²) in [6.45, 7) is 5.34. The van der Waals surface area contributed by atoms with Crippen LogP contribution in [0.2, 0.25) is 0 Å². The third kappa shape index (κ3) is 4.85. The van der Waals surface area contributed by atoms with Crippen LogP contribution in [0.1, 0.15) is 42.6 Å². The molecule has 154 valence electrons. The minimum atomic E-state index is -0.332. The number of amides is 1. The number of hydrogen-bond acceptors (Lipinski definition) is 7. The summed E-state index contributed by atoms with van der Waals surface area (Å²) in [7, 11) is 0. The second-order valence-corrected chi connectivity index (χ2v) is 6.43. The van der Waals surface area contributed by atoms with Crippen LogP contribution >= 0.6 is 0 Å². The fourth-order valence-electron chi connectivity index (χ4n) is 3.13. The van der Waals surface area contributed by atoms with Gasteiger partial charge in [0.1, 0.15) is 0 Å². The van der Waals surface area contributed by atoms with Crippen LogP contribution in [0.15, 0.2) is 47.6 Å². The lowest BCUT2D eigenvalue weighted by molar-refractivity contribution is 0.0751. The van der Waals surface area contributed by atoms with E-state index < -0.39 is 0 Å². The first kappa shape index (κ1) is 20.6. The Morgan fingerprint density at radius 3 is 2.66 bits per heavy atom. The van der Waals surface area contributed by atoms with Gasteiger partial charge in [-0.3, -0.25) is 10.0 Å². The van der Waals surface area contributed by atoms with E-state index in [4.69, 9.17) is 14.7 Å². The van der Waals surface area contributed by atoms with Gasteiger partial charge < -0.3 is 19.9 Å². The van der Waals surface area contributed by atoms with Crippen LogP contribution in [0, 0.1) is 5.21 Å². The van der Waals surface area contributed by atoms with Crippen molar-refractivity contribution in [3.63, 3.8) is 0 Å². The fraction of sp³-hybridized carbons (Fsp3) is 0.333. The molecule has 0 bridgehead atoms. The number of rotatable bonds is 7. The van der Waals surface area contributed by atoms with Gasteiger partial charge in [-0.2, -0.15) is 5.10 Å². The molecule has 2 aromatic carbocycles.